The van der Waals surface area contributed by atoms with Crippen molar-refractivity contribution >= 4 is 5.57 Å². The monoisotopic (exact) mass is 600 g/mol. The smallest absolute Gasteiger partial charge is 0.200 e. The maximum Gasteiger partial charge on any atom is 0.200 e. The van der Waals surface area contributed by atoms with Gasteiger partial charge in [-0.15, -0.1) is 0 Å². The molecule has 0 aromatic heterocycles. The van der Waals surface area contributed by atoms with Gasteiger partial charge in [0.15, 0.2) is 23.1 Å². The molecule has 0 bridgehead atoms. The Balaban J connectivity index is 1.31. The predicted molar refractivity (Wildman–Crippen MR) is 161 cm³/mol. The lowest BCUT2D eigenvalue weighted by Gasteiger charge is -2.24. The number of halogens is 5. The Hall–Kier alpha value is -3.35. The molecule has 7 heteroatoms. The van der Waals surface area contributed by atoms with Crippen LogP contribution in [0.25, 0.3) is 5.57 Å². The normalized spacial score (nSPS) is 15.0. The Labute approximate surface area is 251 Å². The number of aryl methyl sites for hydroxylation is 2. The van der Waals surface area contributed by atoms with Crippen LogP contribution < -0.4 is 9.47 Å². The van der Waals surface area contributed by atoms with E-state index in [0.717, 1.165) is 36.8 Å². The number of hydrogen-bond donors (Lipinski definition) is 0. The van der Waals surface area contributed by atoms with Crippen LogP contribution in [0.1, 0.15) is 99.8 Å². The average Bonchev–Trinajstić information content (AvgIpc) is 3.01. The maximum atomic E-state index is 15.1. The number of benzene rings is 3. The van der Waals surface area contributed by atoms with E-state index in [1.54, 1.807) is 18.2 Å². The first-order chi connectivity index (χ1) is 20.8. The fourth-order valence-electron chi connectivity index (χ4n) is 5.59. The summed E-state index contributed by atoms with van der Waals surface area (Å²) in [6.45, 7) is 4.67. The van der Waals surface area contributed by atoms with E-state index in [9.17, 15) is 17.6 Å². The Bertz CT molecular complexity index is 1400. The standard InChI is InChI=1S/C36H41F5O2/c1-3-5-6-7-22-43-31-19-16-27(33(38)35(31)40)10-8-9-24-11-17-28(30(37)23-24)25-12-14-26(15-13-25)29-18-20-32(42-21-4-2)36(41)34(29)39/h11-12,16-20,23,26H,3-10,13-15,21-22H2,1-2H3. The van der Waals surface area contributed by atoms with Crippen molar-refractivity contribution in [1.82, 2.24) is 0 Å². The van der Waals surface area contributed by atoms with Gasteiger partial charge in [0, 0.05) is 5.56 Å². The summed E-state index contributed by atoms with van der Waals surface area (Å²) in [6, 6.07) is 11.2. The molecule has 1 aliphatic rings. The van der Waals surface area contributed by atoms with Gasteiger partial charge in [-0.05, 0) is 97.7 Å². The Morgan fingerprint density at radius 3 is 2.14 bits per heavy atom. The van der Waals surface area contributed by atoms with E-state index in [0.29, 0.717) is 69.3 Å². The Kier molecular flexibility index (Phi) is 12.1. The third-order valence-corrected chi connectivity index (χ3v) is 8.06. The van der Waals surface area contributed by atoms with Crippen molar-refractivity contribution in [3.8, 4) is 11.5 Å². The highest BCUT2D eigenvalue weighted by Gasteiger charge is 2.24. The van der Waals surface area contributed by atoms with Gasteiger partial charge < -0.3 is 9.47 Å². The summed E-state index contributed by atoms with van der Waals surface area (Å²) in [4.78, 5) is 0. The predicted octanol–water partition coefficient (Wildman–Crippen LogP) is 10.7. The molecule has 3 aromatic rings. The molecule has 0 saturated heterocycles. The molecule has 43 heavy (non-hydrogen) atoms. The molecule has 0 N–H and O–H groups in total. The van der Waals surface area contributed by atoms with Crippen LogP contribution in [0.3, 0.4) is 0 Å². The van der Waals surface area contributed by atoms with Crippen molar-refractivity contribution in [2.45, 2.75) is 90.4 Å². The second kappa shape index (κ2) is 15.9. The molecule has 0 heterocycles. The molecule has 0 aliphatic heterocycles. The zero-order chi connectivity index (χ0) is 30.8. The van der Waals surface area contributed by atoms with Crippen molar-refractivity contribution in [2.75, 3.05) is 13.2 Å². The highest BCUT2D eigenvalue weighted by Crippen LogP contribution is 2.39. The van der Waals surface area contributed by atoms with Crippen molar-refractivity contribution in [1.29, 1.82) is 0 Å². The van der Waals surface area contributed by atoms with Crippen LogP contribution in [0.15, 0.2) is 48.5 Å². The number of rotatable bonds is 15. The molecule has 0 saturated carbocycles. The van der Waals surface area contributed by atoms with E-state index >= 15 is 4.39 Å². The van der Waals surface area contributed by atoms with Crippen LogP contribution in [0.5, 0.6) is 11.5 Å². The molecule has 0 fully saturated rings. The van der Waals surface area contributed by atoms with E-state index in [-0.39, 0.29) is 28.8 Å². The molecule has 0 spiro atoms. The number of allylic oxidation sites excluding steroid dienone is 2. The van der Waals surface area contributed by atoms with Crippen LogP contribution in [0.4, 0.5) is 22.0 Å². The van der Waals surface area contributed by atoms with Gasteiger partial charge in [0.2, 0.25) is 11.6 Å². The largest absolute Gasteiger partial charge is 0.490 e. The van der Waals surface area contributed by atoms with Crippen LogP contribution in [0.2, 0.25) is 0 Å². The highest BCUT2D eigenvalue weighted by molar-refractivity contribution is 5.67. The molecule has 2 nitrogen and oxygen atoms in total. The SMILES string of the molecule is CCCCCCOc1ccc(CCCc2ccc(C3=CCC(c4ccc(OCCC)c(F)c4F)CC3)c(F)c2)c(F)c1F. The van der Waals surface area contributed by atoms with E-state index in [2.05, 4.69) is 6.92 Å². The highest BCUT2D eigenvalue weighted by atomic mass is 19.2. The molecular formula is C36H41F5O2. The van der Waals surface area contributed by atoms with E-state index in [1.165, 1.54) is 18.2 Å². The Morgan fingerprint density at radius 1 is 0.698 bits per heavy atom. The minimum Gasteiger partial charge on any atom is -0.490 e. The topological polar surface area (TPSA) is 18.5 Å². The second-order valence-electron chi connectivity index (χ2n) is 11.3. The first-order valence-corrected chi connectivity index (χ1v) is 15.5. The number of ether oxygens (including phenoxy) is 2. The lowest BCUT2D eigenvalue weighted by atomic mass is 9.82. The van der Waals surface area contributed by atoms with E-state index in [4.69, 9.17) is 9.47 Å². The third kappa shape index (κ3) is 8.39. The summed E-state index contributed by atoms with van der Waals surface area (Å²) in [5, 5.41) is 0. The minimum atomic E-state index is -0.963. The summed E-state index contributed by atoms with van der Waals surface area (Å²) >= 11 is 0. The second-order valence-corrected chi connectivity index (χ2v) is 11.3. The minimum absolute atomic E-state index is 0.0639. The van der Waals surface area contributed by atoms with Crippen molar-refractivity contribution in [3.05, 3.63) is 99.9 Å². The molecule has 1 unspecified atom stereocenters. The van der Waals surface area contributed by atoms with E-state index in [1.807, 2.05) is 19.1 Å². The van der Waals surface area contributed by atoms with Crippen molar-refractivity contribution < 1.29 is 31.4 Å². The van der Waals surface area contributed by atoms with E-state index < -0.39 is 23.3 Å². The quantitative estimate of drug-likeness (QED) is 0.128. The van der Waals surface area contributed by atoms with Gasteiger partial charge >= 0.3 is 0 Å². The maximum absolute atomic E-state index is 15.1. The van der Waals surface area contributed by atoms with Gasteiger partial charge in [-0.1, -0.05) is 63.5 Å². The molecular weight excluding hydrogens is 559 g/mol. The van der Waals surface area contributed by atoms with Gasteiger partial charge in [0.05, 0.1) is 13.2 Å². The third-order valence-electron chi connectivity index (χ3n) is 8.06. The van der Waals surface area contributed by atoms with Gasteiger partial charge in [-0.2, -0.15) is 8.78 Å². The summed E-state index contributed by atoms with van der Waals surface area (Å²) in [5.41, 5.74) is 2.69. The van der Waals surface area contributed by atoms with Gasteiger partial charge in [-0.25, -0.2) is 13.2 Å². The lowest BCUT2D eigenvalue weighted by Crippen LogP contribution is -2.09. The molecule has 1 atom stereocenters. The molecule has 0 radical (unpaired) electrons. The summed E-state index contributed by atoms with van der Waals surface area (Å²) in [6.07, 6.45) is 9.52. The van der Waals surface area contributed by atoms with Gasteiger partial charge in [0.25, 0.3) is 0 Å². The van der Waals surface area contributed by atoms with Gasteiger partial charge in [0.1, 0.15) is 5.82 Å². The summed E-state index contributed by atoms with van der Waals surface area (Å²) in [7, 11) is 0. The molecule has 3 aromatic carbocycles. The average molecular weight is 601 g/mol. The Morgan fingerprint density at radius 2 is 1.44 bits per heavy atom. The first-order valence-electron chi connectivity index (χ1n) is 15.5. The van der Waals surface area contributed by atoms with Crippen LogP contribution in [0, 0.1) is 29.1 Å². The van der Waals surface area contributed by atoms with Crippen molar-refractivity contribution in [2.24, 2.45) is 0 Å². The van der Waals surface area contributed by atoms with Crippen LogP contribution in [-0.2, 0) is 12.8 Å². The zero-order valence-electron chi connectivity index (χ0n) is 25.1. The summed E-state index contributed by atoms with van der Waals surface area (Å²) < 4.78 is 84.2. The molecule has 0 amide bonds. The number of hydrogen-bond acceptors (Lipinski definition) is 2. The van der Waals surface area contributed by atoms with Gasteiger partial charge in [-0.3, -0.25) is 0 Å². The summed E-state index contributed by atoms with van der Waals surface area (Å²) in [5.74, 6) is -4.38. The number of unbranched alkanes of at least 4 members (excludes halogenated alkanes) is 3. The first kappa shape index (κ1) is 32.6. The van der Waals surface area contributed by atoms with Crippen molar-refractivity contribution in [3.63, 3.8) is 0 Å². The molecule has 232 valence electrons. The zero-order valence-corrected chi connectivity index (χ0v) is 25.1. The molecule has 4 rings (SSSR count). The fraction of sp³-hybridized carbons (Fsp3) is 0.444. The molecule has 1 aliphatic carbocycles. The fourth-order valence-corrected chi connectivity index (χ4v) is 5.59. The van der Waals surface area contributed by atoms with Crippen LogP contribution >= 0.6 is 0 Å². The lowest BCUT2D eigenvalue weighted by molar-refractivity contribution is 0.284. The van der Waals surface area contributed by atoms with Crippen LogP contribution in [-0.4, -0.2) is 13.2 Å².